The second kappa shape index (κ2) is 11.9. The molecule has 1 aromatic heterocycles. The summed E-state index contributed by atoms with van der Waals surface area (Å²) in [7, 11) is 0. The van der Waals surface area contributed by atoms with Crippen LogP contribution in [0.25, 0.3) is 22.0 Å². The highest BCUT2D eigenvalue weighted by atomic mass is 19.4. The first kappa shape index (κ1) is 26.1. The van der Waals surface area contributed by atoms with E-state index in [4.69, 9.17) is 0 Å². The van der Waals surface area contributed by atoms with Gasteiger partial charge in [0.05, 0.1) is 0 Å². The van der Waals surface area contributed by atoms with Gasteiger partial charge in [0.15, 0.2) is 0 Å². The molecule has 2 saturated carbocycles. The largest absolute Gasteiger partial charge is 0.573 e. The molecule has 5 rings (SSSR count). The Morgan fingerprint density at radius 2 is 1.59 bits per heavy atom. The lowest BCUT2D eigenvalue weighted by molar-refractivity contribution is -0.274. The van der Waals surface area contributed by atoms with Gasteiger partial charge in [0.25, 0.3) is 0 Å². The van der Waals surface area contributed by atoms with Crippen LogP contribution in [-0.4, -0.2) is 23.5 Å². The van der Waals surface area contributed by atoms with Crippen molar-refractivity contribution in [3.63, 3.8) is 0 Å². The van der Waals surface area contributed by atoms with Crippen molar-refractivity contribution in [3.05, 3.63) is 54.2 Å². The summed E-state index contributed by atoms with van der Waals surface area (Å²) in [6.07, 6.45) is 12.9. The van der Waals surface area contributed by atoms with Crippen molar-refractivity contribution in [1.82, 2.24) is 9.88 Å². The molecular weight excluding hydrogens is 473 g/mol. The first-order valence-electron chi connectivity index (χ1n) is 14.2. The van der Waals surface area contributed by atoms with Gasteiger partial charge >= 0.3 is 6.36 Å². The quantitative estimate of drug-likeness (QED) is 0.290. The summed E-state index contributed by atoms with van der Waals surface area (Å²) in [4.78, 5) is 0. The third-order valence-electron chi connectivity index (χ3n) is 8.21. The van der Waals surface area contributed by atoms with Crippen molar-refractivity contribution < 1.29 is 17.9 Å². The SMILES string of the molecule is FC(F)(F)Oc1cccc(-c2ccc3c(c2)c(CCCNC2CCCCC2)cn3CC2CCCCC2)c1. The second-order valence-electron chi connectivity index (χ2n) is 11.0. The molecule has 0 unspecified atom stereocenters. The van der Waals surface area contributed by atoms with Gasteiger partial charge < -0.3 is 14.6 Å². The van der Waals surface area contributed by atoms with E-state index in [0.717, 1.165) is 43.0 Å². The summed E-state index contributed by atoms with van der Waals surface area (Å²) in [5, 5.41) is 4.98. The van der Waals surface area contributed by atoms with Gasteiger partial charge in [-0.2, -0.15) is 0 Å². The molecule has 2 aliphatic rings. The number of rotatable bonds is 9. The highest BCUT2D eigenvalue weighted by molar-refractivity contribution is 5.89. The number of hydrogen-bond donors (Lipinski definition) is 1. The summed E-state index contributed by atoms with van der Waals surface area (Å²) >= 11 is 0. The normalized spacial score (nSPS) is 17.9. The first-order valence-corrected chi connectivity index (χ1v) is 14.2. The van der Waals surface area contributed by atoms with Crippen molar-refractivity contribution in [2.24, 2.45) is 5.92 Å². The minimum atomic E-state index is -4.70. The van der Waals surface area contributed by atoms with Crippen LogP contribution in [0.4, 0.5) is 13.2 Å². The predicted octanol–water partition coefficient (Wildman–Crippen LogP) is 8.64. The van der Waals surface area contributed by atoms with Crippen molar-refractivity contribution in [2.75, 3.05) is 6.54 Å². The second-order valence-corrected chi connectivity index (χ2v) is 11.0. The highest BCUT2D eigenvalue weighted by Crippen LogP contribution is 2.33. The Hall–Kier alpha value is -2.47. The van der Waals surface area contributed by atoms with E-state index in [0.29, 0.717) is 6.04 Å². The Morgan fingerprint density at radius 3 is 2.35 bits per heavy atom. The Balaban J connectivity index is 1.37. The highest BCUT2D eigenvalue weighted by Gasteiger charge is 2.31. The van der Waals surface area contributed by atoms with E-state index in [1.807, 2.05) is 12.1 Å². The van der Waals surface area contributed by atoms with E-state index in [-0.39, 0.29) is 5.75 Å². The molecule has 200 valence electrons. The van der Waals surface area contributed by atoms with Gasteiger partial charge in [-0.1, -0.05) is 56.7 Å². The number of benzene rings is 2. The molecule has 2 aliphatic carbocycles. The molecular formula is C31H39F3N2O. The summed E-state index contributed by atoms with van der Waals surface area (Å²) in [6, 6.07) is 13.3. The van der Waals surface area contributed by atoms with Crippen LogP contribution in [0.15, 0.2) is 48.7 Å². The number of ether oxygens (including phenoxy) is 1. The van der Waals surface area contributed by atoms with Crippen LogP contribution in [0, 0.1) is 5.92 Å². The molecule has 2 fully saturated rings. The number of fused-ring (bicyclic) bond motifs is 1. The molecule has 0 atom stereocenters. The molecule has 0 amide bonds. The number of alkyl halides is 3. The fraction of sp³-hybridized carbons (Fsp3) is 0.548. The van der Waals surface area contributed by atoms with Crippen molar-refractivity contribution in [3.8, 4) is 16.9 Å². The molecule has 0 saturated heterocycles. The fourth-order valence-corrected chi connectivity index (χ4v) is 6.31. The number of aryl methyl sites for hydroxylation is 1. The Labute approximate surface area is 218 Å². The van der Waals surface area contributed by atoms with Gasteiger partial charge in [-0.3, -0.25) is 0 Å². The van der Waals surface area contributed by atoms with Gasteiger partial charge in [-0.05, 0) is 91.9 Å². The van der Waals surface area contributed by atoms with Crippen molar-refractivity contribution >= 4 is 10.9 Å². The summed E-state index contributed by atoms with van der Waals surface area (Å²) < 4.78 is 44.9. The molecule has 37 heavy (non-hydrogen) atoms. The summed E-state index contributed by atoms with van der Waals surface area (Å²) in [6.45, 7) is 2.07. The van der Waals surface area contributed by atoms with Crippen molar-refractivity contribution in [2.45, 2.75) is 96.0 Å². The van der Waals surface area contributed by atoms with Gasteiger partial charge in [0.2, 0.25) is 0 Å². The number of nitrogens with one attached hydrogen (secondary N) is 1. The maximum absolute atomic E-state index is 12.8. The van der Waals surface area contributed by atoms with Crippen molar-refractivity contribution in [1.29, 1.82) is 0 Å². The molecule has 0 aliphatic heterocycles. The van der Waals surface area contributed by atoms with E-state index in [1.165, 1.54) is 92.8 Å². The number of hydrogen-bond acceptors (Lipinski definition) is 2. The van der Waals surface area contributed by atoms with Gasteiger partial charge in [-0.25, -0.2) is 0 Å². The zero-order valence-corrected chi connectivity index (χ0v) is 21.7. The van der Waals surface area contributed by atoms with E-state index in [9.17, 15) is 13.2 Å². The summed E-state index contributed by atoms with van der Waals surface area (Å²) in [5.74, 6) is 0.537. The smallest absolute Gasteiger partial charge is 0.406 e. The molecule has 2 aromatic carbocycles. The molecule has 0 spiro atoms. The molecule has 6 heteroatoms. The molecule has 0 bridgehead atoms. The lowest BCUT2D eigenvalue weighted by Gasteiger charge is -2.22. The number of aromatic nitrogens is 1. The standard InChI is InChI=1S/C31H39F3N2O/c32-31(33,34)37-28-15-7-11-24(19-28)25-16-17-30-29(20-25)26(12-8-18-35-27-13-5-2-6-14-27)22-36(30)21-23-9-3-1-4-10-23/h7,11,15-17,19-20,22-23,27,35H,1-6,8-10,12-14,18,21H2. The van der Waals surface area contributed by atoms with Crippen LogP contribution in [-0.2, 0) is 13.0 Å². The minimum absolute atomic E-state index is 0.186. The van der Waals surface area contributed by atoms with Crippen LogP contribution in [0.2, 0.25) is 0 Å². The third kappa shape index (κ3) is 7.10. The lowest BCUT2D eigenvalue weighted by atomic mass is 9.89. The maximum Gasteiger partial charge on any atom is 0.573 e. The number of nitrogens with zero attached hydrogens (tertiary/aromatic N) is 1. The van der Waals surface area contributed by atoms with Crippen LogP contribution in [0.5, 0.6) is 5.75 Å². The van der Waals surface area contributed by atoms with E-state index < -0.39 is 6.36 Å². The monoisotopic (exact) mass is 512 g/mol. The number of halogens is 3. The maximum atomic E-state index is 12.8. The van der Waals surface area contributed by atoms with Gasteiger partial charge in [0.1, 0.15) is 5.75 Å². The minimum Gasteiger partial charge on any atom is -0.406 e. The van der Waals surface area contributed by atoms with E-state index >= 15 is 0 Å². The Bertz CT molecular complexity index is 1160. The Kier molecular flexibility index (Phi) is 8.43. The van der Waals surface area contributed by atoms with Crippen LogP contribution >= 0.6 is 0 Å². The fourth-order valence-electron chi connectivity index (χ4n) is 6.31. The van der Waals surface area contributed by atoms with Crippen LogP contribution in [0.1, 0.15) is 76.2 Å². The average Bonchev–Trinajstić information content (AvgIpc) is 3.23. The molecule has 1 N–H and O–H groups in total. The lowest BCUT2D eigenvalue weighted by Crippen LogP contribution is -2.31. The zero-order valence-electron chi connectivity index (χ0n) is 21.7. The average molecular weight is 513 g/mol. The molecule has 1 heterocycles. The zero-order chi connectivity index (χ0) is 25.7. The third-order valence-corrected chi connectivity index (χ3v) is 8.21. The van der Waals surface area contributed by atoms with Crippen LogP contribution < -0.4 is 10.1 Å². The molecule has 0 radical (unpaired) electrons. The molecule has 3 aromatic rings. The summed E-state index contributed by atoms with van der Waals surface area (Å²) in [5.41, 5.74) is 4.21. The Morgan fingerprint density at radius 1 is 0.865 bits per heavy atom. The van der Waals surface area contributed by atoms with Gasteiger partial charge in [0, 0.05) is 29.7 Å². The predicted molar refractivity (Wildman–Crippen MR) is 144 cm³/mol. The topological polar surface area (TPSA) is 26.2 Å². The van der Waals surface area contributed by atoms with Crippen LogP contribution in [0.3, 0.4) is 0 Å². The first-order chi connectivity index (χ1) is 17.9. The molecule has 3 nitrogen and oxygen atoms in total. The van der Waals surface area contributed by atoms with Gasteiger partial charge in [-0.15, -0.1) is 13.2 Å². The van der Waals surface area contributed by atoms with E-state index in [1.54, 1.807) is 6.07 Å². The van der Waals surface area contributed by atoms with E-state index in [2.05, 4.69) is 33.0 Å².